The van der Waals surface area contributed by atoms with Gasteiger partial charge in [-0.3, -0.25) is 4.79 Å². The van der Waals surface area contributed by atoms with Crippen LogP contribution in [-0.4, -0.2) is 10.9 Å². The van der Waals surface area contributed by atoms with Gasteiger partial charge in [-0.2, -0.15) is 13.2 Å². The number of nitrogens with zero attached hydrogens (tertiary/aromatic N) is 1. The molecule has 1 aliphatic carbocycles. The third kappa shape index (κ3) is 3.90. The fraction of sp³-hybridized carbons (Fsp3) is 0.375. The summed E-state index contributed by atoms with van der Waals surface area (Å²) in [7, 11) is 0. The number of benzene rings is 1. The van der Waals surface area contributed by atoms with Gasteiger partial charge >= 0.3 is 6.18 Å². The lowest BCUT2D eigenvalue weighted by atomic mass is 10.1. The number of hydrogen-bond donors (Lipinski definition) is 1. The van der Waals surface area contributed by atoms with Gasteiger partial charge in [0.25, 0.3) is 0 Å². The second-order valence-electron chi connectivity index (χ2n) is 5.82. The molecule has 0 radical (unpaired) electrons. The quantitative estimate of drug-likeness (QED) is 0.899. The molecule has 1 fully saturated rings. The average Bonchev–Trinajstić information content (AvgIpc) is 3.05. The zero-order valence-electron chi connectivity index (χ0n) is 12.4. The number of thiazole rings is 1. The first-order valence-electron chi connectivity index (χ1n) is 7.24. The van der Waals surface area contributed by atoms with E-state index in [-0.39, 0.29) is 11.8 Å². The number of anilines is 1. The van der Waals surface area contributed by atoms with Gasteiger partial charge in [0.05, 0.1) is 5.56 Å². The Morgan fingerprint density at radius 1 is 1.43 bits per heavy atom. The van der Waals surface area contributed by atoms with Crippen molar-refractivity contribution in [3.05, 3.63) is 46.5 Å². The Bertz CT molecular complexity index is 726. The van der Waals surface area contributed by atoms with E-state index >= 15 is 0 Å². The molecule has 1 aliphatic rings. The van der Waals surface area contributed by atoms with Gasteiger partial charge in [0.2, 0.25) is 5.91 Å². The number of hydrogen-bond acceptors (Lipinski definition) is 3. The Balaban J connectivity index is 1.66. The van der Waals surface area contributed by atoms with Crippen molar-refractivity contribution in [2.75, 3.05) is 5.32 Å². The molecule has 0 spiro atoms. The van der Waals surface area contributed by atoms with E-state index in [9.17, 15) is 18.0 Å². The average molecular weight is 340 g/mol. The maximum atomic E-state index is 12.7. The van der Waals surface area contributed by atoms with Crippen molar-refractivity contribution in [2.24, 2.45) is 11.8 Å². The molecule has 1 aromatic heterocycles. The van der Waals surface area contributed by atoms with Crippen molar-refractivity contribution in [2.45, 2.75) is 25.9 Å². The zero-order chi connectivity index (χ0) is 16.6. The molecule has 1 heterocycles. The van der Waals surface area contributed by atoms with E-state index < -0.39 is 11.7 Å². The summed E-state index contributed by atoms with van der Waals surface area (Å²) < 4.78 is 38.1. The highest BCUT2D eigenvalue weighted by atomic mass is 32.1. The van der Waals surface area contributed by atoms with Gasteiger partial charge in [0.15, 0.2) is 5.13 Å². The molecule has 3 nitrogen and oxygen atoms in total. The molecule has 7 heteroatoms. The molecule has 23 heavy (non-hydrogen) atoms. The lowest BCUT2D eigenvalue weighted by Crippen LogP contribution is -2.13. The standard InChI is InChI=1S/C16H15F3N2OS/c1-9-5-13(9)14(22)21-15-20-8-12(23-15)7-10-3-2-4-11(6-10)16(17,18)19/h2-4,6,8-9,13H,5,7H2,1H3,(H,20,21,22)/t9-,13-/m1/s1. The molecular weight excluding hydrogens is 325 g/mol. The van der Waals surface area contributed by atoms with Crippen LogP contribution >= 0.6 is 11.3 Å². The summed E-state index contributed by atoms with van der Waals surface area (Å²) in [6.07, 6.45) is -1.49. The van der Waals surface area contributed by atoms with Gasteiger partial charge in [-0.1, -0.05) is 25.1 Å². The van der Waals surface area contributed by atoms with Gasteiger partial charge in [-0.15, -0.1) is 11.3 Å². The van der Waals surface area contributed by atoms with Gasteiger partial charge in [0, 0.05) is 23.4 Å². The molecule has 1 amide bonds. The van der Waals surface area contributed by atoms with Crippen LogP contribution in [0.1, 0.15) is 29.3 Å². The molecule has 1 saturated carbocycles. The number of amides is 1. The second-order valence-corrected chi connectivity index (χ2v) is 6.93. The Morgan fingerprint density at radius 2 is 2.17 bits per heavy atom. The predicted molar refractivity (Wildman–Crippen MR) is 82.3 cm³/mol. The van der Waals surface area contributed by atoms with E-state index in [1.165, 1.54) is 17.4 Å². The van der Waals surface area contributed by atoms with Crippen LogP contribution in [0.15, 0.2) is 30.5 Å². The minimum absolute atomic E-state index is 0.0301. The predicted octanol–water partition coefficient (Wildman–Crippen LogP) is 4.35. The Morgan fingerprint density at radius 3 is 2.83 bits per heavy atom. The first-order chi connectivity index (χ1) is 10.8. The molecule has 1 aromatic carbocycles. The van der Waals surface area contributed by atoms with Crippen LogP contribution in [0.5, 0.6) is 0 Å². The monoisotopic (exact) mass is 340 g/mol. The van der Waals surface area contributed by atoms with Crippen molar-refractivity contribution in [1.29, 1.82) is 0 Å². The maximum Gasteiger partial charge on any atom is 0.416 e. The van der Waals surface area contributed by atoms with Crippen molar-refractivity contribution < 1.29 is 18.0 Å². The first-order valence-corrected chi connectivity index (χ1v) is 8.06. The van der Waals surface area contributed by atoms with E-state index in [4.69, 9.17) is 0 Å². The summed E-state index contributed by atoms with van der Waals surface area (Å²) >= 11 is 1.29. The van der Waals surface area contributed by atoms with Gasteiger partial charge < -0.3 is 5.32 Å². The number of nitrogens with one attached hydrogen (secondary N) is 1. The highest BCUT2D eigenvalue weighted by molar-refractivity contribution is 7.15. The van der Waals surface area contributed by atoms with Crippen molar-refractivity contribution in [3.8, 4) is 0 Å². The van der Waals surface area contributed by atoms with Crippen molar-refractivity contribution in [1.82, 2.24) is 4.98 Å². The molecule has 0 aliphatic heterocycles. The summed E-state index contributed by atoms with van der Waals surface area (Å²) in [5.41, 5.74) is -0.0899. The van der Waals surface area contributed by atoms with Gasteiger partial charge in [-0.25, -0.2) is 4.98 Å². The Kier molecular flexibility index (Phi) is 4.14. The number of aromatic nitrogens is 1. The van der Waals surface area contributed by atoms with Gasteiger partial charge in [-0.05, 0) is 24.0 Å². The summed E-state index contributed by atoms with van der Waals surface area (Å²) in [5.74, 6) is 0.447. The van der Waals surface area contributed by atoms with E-state index in [1.807, 2.05) is 6.92 Å². The van der Waals surface area contributed by atoms with E-state index in [0.717, 1.165) is 23.4 Å². The van der Waals surface area contributed by atoms with Crippen LogP contribution in [0, 0.1) is 11.8 Å². The molecule has 0 saturated heterocycles. The second kappa shape index (κ2) is 5.96. The fourth-order valence-corrected chi connectivity index (χ4v) is 3.24. The normalized spacial score (nSPS) is 20.3. The Hall–Kier alpha value is -1.89. The Labute approximate surface area is 135 Å². The number of carbonyl (C=O) groups excluding carboxylic acids is 1. The van der Waals surface area contributed by atoms with Crippen LogP contribution < -0.4 is 5.32 Å². The van der Waals surface area contributed by atoms with E-state index in [0.29, 0.717) is 23.0 Å². The molecular formula is C16H15F3N2OS. The minimum Gasteiger partial charge on any atom is -0.302 e. The number of carbonyl (C=O) groups is 1. The molecule has 3 rings (SSSR count). The highest BCUT2D eigenvalue weighted by Crippen LogP contribution is 2.38. The maximum absolute atomic E-state index is 12.7. The fourth-order valence-electron chi connectivity index (χ4n) is 2.39. The molecule has 1 N–H and O–H groups in total. The van der Waals surface area contributed by atoms with Gasteiger partial charge in [0.1, 0.15) is 0 Å². The number of halogens is 3. The third-order valence-electron chi connectivity index (χ3n) is 3.86. The SMILES string of the molecule is C[C@@H]1C[C@H]1C(=O)Nc1ncc(Cc2cccc(C(F)(F)F)c2)s1. The number of rotatable bonds is 4. The molecule has 2 aromatic rings. The summed E-state index contributed by atoms with van der Waals surface area (Å²) in [5, 5.41) is 3.26. The summed E-state index contributed by atoms with van der Waals surface area (Å²) in [4.78, 5) is 16.8. The lowest BCUT2D eigenvalue weighted by molar-refractivity contribution is -0.137. The van der Waals surface area contributed by atoms with E-state index in [1.54, 1.807) is 12.3 Å². The van der Waals surface area contributed by atoms with Crippen molar-refractivity contribution in [3.63, 3.8) is 0 Å². The van der Waals surface area contributed by atoms with Crippen LogP contribution in [-0.2, 0) is 17.4 Å². The van der Waals surface area contributed by atoms with Crippen LogP contribution in [0.2, 0.25) is 0 Å². The van der Waals surface area contributed by atoms with Crippen molar-refractivity contribution >= 4 is 22.4 Å². The lowest BCUT2D eigenvalue weighted by Gasteiger charge is -2.07. The van der Waals surface area contributed by atoms with Crippen LogP contribution in [0.3, 0.4) is 0 Å². The van der Waals surface area contributed by atoms with Crippen LogP contribution in [0.4, 0.5) is 18.3 Å². The summed E-state index contributed by atoms with van der Waals surface area (Å²) in [6, 6.07) is 5.25. The molecule has 0 unspecified atom stereocenters. The summed E-state index contributed by atoms with van der Waals surface area (Å²) in [6.45, 7) is 2.02. The molecule has 0 bridgehead atoms. The zero-order valence-corrected chi connectivity index (χ0v) is 13.2. The first kappa shape index (κ1) is 16.0. The number of alkyl halides is 3. The smallest absolute Gasteiger partial charge is 0.302 e. The third-order valence-corrected chi connectivity index (χ3v) is 4.78. The highest BCUT2D eigenvalue weighted by Gasteiger charge is 2.39. The topological polar surface area (TPSA) is 42.0 Å². The molecule has 122 valence electrons. The largest absolute Gasteiger partial charge is 0.416 e. The van der Waals surface area contributed by atoms with E-state index in [2.05, 4.69) is 10.3 Å². The van der Waals surface area contributed by atoms with Crippen LogP contribution in [0.25, 0.3) is 0 Å². The molecule has 2 atom stereocenters. The minimum atomic E-state index is -4.34.